The molecule has 18 heavy (non-hydrogen) atoms. The molecule has 4 nitrogen and oxygen atoms in total. The Morgan fingerprint density at radius 3 is 2.17 bits per heavy atom. The second-order valence-corrected chi connectivity index (χ2v) is 5.45. The summed E-state index contributed by atoms with van der Waals surface area (Å²) in [5.41, 5.74) is -2.39. The van der Waals surface area contributed by atoms with Crippen LogP contribution in [0, 0.1) is 5.41 Å². The van der Waals surface area contributed by atoms with E-state index in [4.69, 9.17) is 0 Å². The van der Waals surface area contributed by atoms with E-state index in [9.17, 15) is 14.7 Å². The van der Waals surface area contributed by atoms with Gasteiger partial charge < -0.3 is 9.84 Å². The Balaban J connectivity index is 5.08. The molecule has 0 heterocycles. The van der Waals surface area contributed by atoms with Gasteiger partial charge in [0.15, 0.2) is 5.78 Å². The van der Waals surface area contributed by atoms with Gasteiger partial charge in [-0.3, -0.25) is 9.59 Å². The maximum Gasteiger partial charge on any atom is 0.308 e. The van der Waals surface area contributed by atoms with Gasteiger partial charge in [-0.25, -0.2) is 0 Å². The van der Waals surface area contributed by atoms with Crippen LogP contribution in [0.4, 0.5) is 0 Å². The van der Waals surface area contributed by atoms with E-state index in [0.29, 0.717) is 0 Å². The first-order chi connectivity index (χ1) is 8.17. The quantitative estimate of drug-likeness (QED) is 0.585. The van der Waals surface area contributed by atoms with Crippen molar-refractivity contribution < 1.29 is 19.4 Å². The topological polar surface area (TPSA) is 63.6 Å². The number of ketones is 1. The summed E-state index contributed by atoms with van der Waals surface area (Å²) >= 11 is 0. The van der Waals surface area contributed by atoms with Crippen molar-refractivity contribution in [1.82, 2.24) is 0 Å². The van der Waals surface area contributed by atoms with Crippen LogP contribution in [0.1, 0.15) is 47.0 Å². The molecule has 4 heteroatoms. The lowest BCUT2D eigenvalue weighted by Gasteiger charge is -2.31. The van der Waals surface area contributed by atoms with Gasteiger partial charge >= 0.3 is 5.97 Å². The third kappa shape index (κ3) is 5.00. The molecule has 0 saturated carbocycles. The van der Waals surface area contributed by atoms with Crippen molar-refractivity contribution in [3.63, 3.8) is 0 Å². The number of Topliss-reactive ketones (excluding diaryl/α,β-unsaturated/α-hetero) is 1. The van der Waals surface area contributed by atoms with E-state index in [1.807, 2.05) is 13.0 Å². The van der Waals surface area contributed by atoms with E-state index in [2.05, 4.69) is 4.74 Å². The van der Waals surface area contributed by atoms with Crippen molar-refractivity contribution in [1.29, 1.82) is 0 Å². The van der Waals surface area contributed by atoms with Crippen LogP contribution in [0.25, 0.3) is 0 Å². The highest BCUT2D eigenvalue weighted by Crippen LogP contribution is 2.29. The Bertz CT molecular complexity index is 325. The molecule has 0 saturated heterocycles. The second kappa shape index (κ2) is 6.69. The Morgan fingerprint density at radius 2 is 1.78 bits per heavy atom. The van der Waals surface area contributed by atoms with Crippen LogP contribution < -0.4 is 0 Å². The van der Waals surface area contributed by atoms with Crippen LogP contribution >= 0.6 is 0 Å². The summed E-state index contributed by atoms with van der Waals surface area (Å²) in [6.07, 6.45) is 4.22. The minimum atomic E-state index is -1.68. The molecule has 0 aliphatic heterocycles. The molecule has 1 atom stereocenters. The number of ether oxygens (including phenoxy) is 1. The zero-order valence-electron chi connectivity index (χ0n) is 11.9. The van der Waals surface area contributed by atoms with Crippen molar-refractivity contribution in [2.24, 2.45) is 5.41 Å². The summed E-state index contributed by atoms with van der Waals surface area (Å²) in [5, 5.41) is 10.4. The molecule has 0 rings (SSSR count). The van der Waals surface area contributed by atoms with Gasteiger partial charge in [0.1, 0.15) is 5.60 Å². The summed E-state index contributed by atoms with van der Waals surface area (Å²) in [7, 11) is 1.24. The van der Waals surface area contributed by atoms with E-state index in [1.54, 1.807) is 26.8 Å². The number of allylic oxidation sites excluding steroid dienone is 1. The minimum Gasteiger partial charge on any atom is -0.469 e. The SMILES string of the molecule is CC/C=C/C[C@@](O)(CC(=O)OC)C(=O)C(C)(C)C. The van der Waals surface area contributed by atoms with Gasteiger partial charge in [-0.15, -0.1) is 0 Å². The third-order valence-electron chi connectivity index (χ3n) is 2.63. The van der Waals surface area contributed by atoms with Gasteiger partial charge in [-0.2, -0.15) is 0 Å². The molecule has 104 valence electrons. The molecule has 0 unspecified atom stereocenters. The molecular weight excluding hydrogens is 232 g/mol. The Kier molecular flexibility index (Phi) is 6.26. The minimum absolute atomic E-state index is 0.131. The molecule has 0 aliphatic rings. The lowest BCUT2D eigenvalue weighted by Crippen LogP contribution is -2.46. The maximum absolute atomic E-state index is 12.2. The van der Waals surface area contributed by atoms with Gasteiger partial charge in [0.2, 0.25) is 0 Å². The molecule has 0 fully saturated rings. The standard InChI is InChI=1S/C14H24O4/c1-6-7-8-9-14(17,10-11(15)18-5)12(16)13(2,3)4/h7-8,17H,6,9-10H2,1-5H3/b8-7+/t14-/m1/s1. The highest BCUT2D eigenvalue weighted by molar-refractivity contribution is 5.94. The molecule has 0 radical (unpaired) electrons. The summed E-state index contributed by atoms with van der Waals surface area (Å²) in [6.45, 7) is 7.13. The lowest BCUT2D eigenvalue weighted by molar-refractivity contribution is -0.157. The summed E-state index contributed by atoms with van der Waals surface area (Å²) in [5.74, 6) is -0.929. The van der Waals surface area contributed by atoms with Gasteiger partial charge in [0, 0.05) is 11.8 Å². The monoisotopic (exact) mass is 256 g/mol. The average molecular weight is 256 g/mol. The van der Waals surface area contributed by atoms with E-state index in [1.165, 1.54) is 7.11 Å². The molecule has 0 amide bonds. The van der Waals surface area contributed by atoms with Crippen molar-refractivity contribution in [2.45, 2.75) is 52.6 Å². The first kappa shape index (κ1) is 16.8. The van der Waals surface area contributed by atoms with Crippen LogP contribution in [0.3, 0.4) is 0 Å². The number of rotatable bonds is 6. The fraction of sp³-hybridized carbons (Fsp3) is 0.714. The molecule has 0 bridgehead atoms. The Hall–Kier alpha value is -1.16. The summed E-state index contributed by atoms with van der Waals surface area (Å²) in [4.78, 5) is 23.6. The van der Waals surface area contributed by atoms with E-state index >= 15 is 0 Å². The first-order valence-electron chi connectivity index (χ1n) is 6.16. The van der Waals surface area contributed by atoms with Gasteiger partial charge in [-0.05, 0) is 6.42 Å². The van der Waals surface area contributed by atoms with Crippen LogP contribution in [0.15, 0.2) is 12.2 Å². The zero-order valence-corrected chi connectivity index (χ0v) is 11.9. The van der Waals surface area contributed by atoms with Crippen molar-refractivity contribution in [3.05, 3.63) is 12.2 Å². The highest BCUT2D eigenvalue weighted by Gasteiger charge is 2.43. The van der Waals surface area contributed by atoms with Gasteiger partial charge in [0.05, 0.1) is 13.5 Å². The lowest BCUT2D eigenvalue weighted by atomic mass is 9.77. The van der Waals surface area contributed by atoms with Crippen molar-refractivity contribution in [2.75, 3.05) is 7.11 Å². The first-order valence-corrected chi connectivity index (χ1v) is 6.16. The van der Waals surface area contributed by atoms with Crippen LogP contribution in [-0.4, -0.2) is 29.6 Å². The fourth-order valence-electron chi connectivity index (χ4n) is 1.70. The Morgan fingerprint density at radius 1 is 1.22 bits per heavy atom. The Labute approximate surface area is 109 Å². The number of esters is 1. The number of aliphatic hydroxyl groups is 1. The number of hydrogen-bond donors (Lipinski definition) is 1. The molecule has 0 aliphatic carbocycles. The third-order valence-corrected chi connectivity index (χ3v) is 2.63. The number of methoxy groups -OCH3 is 1. The van der Waals surface area contributed by atoms with Gasteiger partial charge in [-0.1, -0.05) is 39.8 Å². The van der Waals surface area contributed by atoms with Gasteiger partial charge in [0.25, 0.3) is 0 Å². The molecule has 1 N–H and O–H groups in total. The van der Waals surface area contributed by atoms with Crippen LogP contribution in [0.2, 0.25) is 0 Å². The predicted octanol–water partition coefficient (Wildman–Crippen LogP) is 2.25. The van der Waals surface area contributed by atoms with Crippen molar-refractivity contribution in [3.8, 4) is 0 Å². The molecule has 0 aromatic rings. The molecular formula is C14H24O4. The largest absolute Gasteiger partial charge is 0.469 e. The fourth-order valence-corrected chi connectivity index (χ4v) is 1.70. The van der Waals surface area contributed by atoms with E-state index in [0.717, 1.165) is 6.42 Å². The number of hydrogen-bond acceptors (Lipinski definition) is 4. The number of carbonyl (C=O) groups excluding carboxylic acids is 2. The van der Waals surface area contributed by atoms with E-state index < -0.39 is 17.0 Å². The highest BCUT2D eigenvalue weighted by atomic mass is 16.5. The number of carbonyl (C=O) groups is 2. The molecule has 0 aromatic heterocycles. The van der Waals surface area contributed by atoms with Crippen LogP contribution in [-0.2, 0) is 14.3 Å². The molecule has 0 spiro atoms. The predicted molar refractivity (Wildman–Crippen MR) is 70.1 cm³/mol. The second-order valence-electron chi connectivity index (χ2n) is 5.45. The normalized spacial score (nSPS) is 15.4. The average Bonchev–Trinajstić information content (AvgIpc) is 2.27. The summed E-state index contributed by atoms with van der Waals surface area (Å²) < 4.78 is 4.54. The van der Waals surface area contributed by atoms with Crippen LogP contribution in [0.5, 0.6) is 0 Å². The zero-order chi connectivity index (χ0) is 14.4. The van der Waals surface area contributed by atoms with Crippen molar-refractivity contribution >= 4 is 11.8 Å². The molecule has 0 aromatic carbocycles. The van der Waals surface area contributed by atoms with E-state index in [-0.39, 0.29) is 18.6 Å². The summed E-state index contributed by atoms with van der Waals surface area (Å²) in [6, 6.07) is 0. The smallest absolute Gasteiger partial charge is 0.308 e. The maximum atomic E-state index is 12.2.